The normalized spacial score (nSPS) is 23.8. The third-order valence-electron chi connectivity index (χ3n) is 2.17. The second-order valence-electron chi connectivity index (χ2n) is 3.25. The van der Waals surface area contributed by atoms with Crippen LogP contribution in [-0.4, -0.2) is 26.3 Å². The molecule has 1 N–H and O–H groups in total. The third kappa shape index (κ3) is 4.87. The maximum absolute atomic E-state index is 5.70. The van der Waals surface area contributed by atoms with Gasteiger partial charge in [-0.1, -0.05) is 23.2 Å². The topological polar surface area (TPSA) is 21.3 Å². The molecule has 1 atom stereocenters. The van der Waals surface area contributed by atoms with Gasteiger partial charge in [0.15, 0.2) is 0 Å². The monoisotopic (exact) mass is 223 g/mol. The Kier molecular flexibility index (Phi) is 5.80. The molecule has 0 radical (unpaired) electrons. The molecule has 0 aromatic rings. The summed E-state index contributed by atoms with van der Waals surface area (Å²) in [5, 5.41) is 3.88. The Morgan fingerprint density at radius 3 is 3.08 bits per heavy atom. The first-order valence-corrected chi connectivity index (χ1v) is 5.37. The minimum Gasteiger partial charge on any atom is -0.381 e. The zero-order chi connectivity index (χ0) is 9.52. The Labute approximate surface area is 89.2 Å². The quantitative estimate of drug-likeness (QED) is 0.723. The Hall–Kier alpha value is 0.240. The van der Waals surface area contributed by atoms with Gasteiger partial charge < -0.3 is 10.1 Å². The standard InChI is InChI=1S/C9H15Cl2NO/c10-5-9(11)6-12-3-1-8-2-4-13-7-8/h5,8,12H,1-4,6-7H2/b9-5+. The summed E-state index contributed by atoms with van der Waals surface area (Å²) >= 11 is 11.1. The third-order valence-corrected chi connectivity index (χ3v) is 2.78. The van der Waals surface area contributed by atoms with Crippen molar-refractivity contribution in [3.63, 3.8) is 0 Å². The number of hydrogen-bond acceptors (Lipinski definition) is 2. The van der Waals surface area contributed by atoms with Gasteiger partial charge in [0, 0.05) is 30.3 Å². The van der Waals surface area contributed by atoms with E-state index in [1.54, 1.807) is 0 Å². The van der Waals surface area contributed by atoms with E-state index < -0.39 is 0 Å². The van der Waals surface area contributed by atoms with E-state index in [1.807, 2.05) is 0 Å². The zero-order valence-corrected chi connectivity index (χ0v) is 9.07. The van der Waals surface area contributed by atoms with Crippen LogP contribution < -0.4 is 5.32 Å². The van der Waals surface area contributed by atoms with E-state index in [0.29, 0.717) is 11.6 Å². The molecule has 0 aromatic carbocycles. The van der Waals surface area contributed by atoms with Gasteiger partial charge in [-0.3, -0.25) is 0 Å². The maximum atomic E-state index is 5.70. The van der Waals surface area contributed by atoms with Gasteiger partial charge in [-0.2, -0.15) is 0 Å². The summed E-state index contributed by atoms with van der Waals surface area (Å²) in [5.74, 6) is 0.728. The molecule has 4 heteroatoms. The van der Waals surface area contributed by atoms with Crippen LogP contribution in [0.3, 0.4) is 0 Å². The molecule has 1 unspecified atom stereocenters. The highest BCUT2D eigenvalue weighted by atomic mass is 35.5. The molecular formula is C9H15Cl2NO. The molecule has 1 aliphatic heterocycles. The smallest absolute Gasteiger partial charge is 0.0495 e. The Morgan fingerprint density at radius 1 is 1.62 bits per heavy atom. The SMILES string of the molecule is Cl/C=C(/Cl)CNCCC1CCOC1. The van der Waals surface area contributed by atoms with Crippen molar-refractivity contribution in [1.29, 1.82) is 0 Å². The predicted molar refractivity (Wildman–Crippen MR) is 56.2 cm³/mol. The first kappa shape index (κ1) is 11.3. The first-order valence-electron chi connectivity index (χ1n) is 4.56. The number of nitrogens with one attached hydrogen (secondary N) is 1. The van der Waals surface area contributed by atoms with Crippen LogP contribution in [-0.2, 0) is 4.74 Å². The van der Waals surface area contributed by atoms with Crippen LogP contribution in [0.5, 0.6) is 0 Å². The second-order valence-corrected chi connectivity index (χ2v) is 3.95. The lowest BCUT2D eigenvalue weighted by Gasteiger charge is -2.07. The van der Waals surface area contributed by atoms with Crippen molar-refractivity contribution in [2.75, 3.05) is 26.3 Å². The predicted octanol–water partition coefficient (Wildman–Crippen LogP) is 2.32. The number of halogens is 2. The van der Waals surface area contributed by atoms with Gasteiger partial charge in [-0.15, -0.1) is 0 Å². The van der Waals surface area contributed by atoms with Crippen LogP contribution in [0.25, 0.3) is 0 Å². The van der Waals surface area contributed by atoms with E-state index in [4.69, 9.17) is 27.9 Å². The molecule has 1 saturated heterocycles. The highest BCUT2D eigenvalue weighted by molar-refractivity contribution is 6.36. The molecule has 0 aromatic heterocycles. The van der Waals surface area contributed by atoms with E-state index in [1.165, 1.54) is 12.0 Å². The molecule has 0 amide bonds. The minimum atomic E-state index is 0.657. The molecule has 1 rings (SSSR count). The number of hydrogen-bond donors (Lipinski definition) is 1. The van der Waals surface area contributed by atoms with Crippen LogP contribution in [0, 0.1) is 5.92 Å². The summed E-state index contributed by atoms with van der Waals surface area (Å²) in [5.41, 5.74) is 1.40. The summed E-state index contributed by atoms with van der Waals surface area (Å²) < 4.78 is 5.27. The Balaban J connectivity index is 1.94. The van der Waals surface area contributed by atoms with Crippen LogP contribution in [0.2, 0.25) is 0 Å². The van der Waals surface area contributed by atoms with E-state index in [2.05, 4.69) is 5.32 Å². The molecular weight excluding hydrogens is 209 g/mol. The van der Waals surface area contributed by atoms with E-state index in [0.717, 1.165) is 32.1 Å². The van der Waals surface area contributed by atoms with Gasteiger partial charge in [0.1, 0.15) is 0 Å². The molecule has 0 bridgehead atoms. The fraction of sp³-hybridized carbons (Fsp3) is 0.778. The van der Waals surface area contributed by atoms with Crippen LogP contribution in [0.4, 0.5) is 0 Å². The summed E-state index contributed by atoms with van der Waals surface area (Å²) in [7, 11) is 0. The van der Waals surface area contributed by atoms with Crippen LogP contribution >= 0.6 is 23.2 Å². The molecule has 0 aliphatic carbocycles. The van der Waals surface area contributed by atoms with E-state index in [9.17, 15) is 0 Å². The first-order chi connectivity index (χ1) is 6.33. The average Bonchev–Trinajstić information content (AvgIpc) is 2.64. The van der Waals surface area contributed by atoms with Gasteiger partial charge >= 0.3 is 0 Å². The fourth-order valence-corrected chi connectivity index (χ4v) is 1.54. The summed E-state index contributed by atoms with van der Waals surface area (Å²) in [6, 6.07) is 0. The van der Waals surface area contributed by atoms with Crippen LogP contribution in [0.15, 0.2) is 10.6 Å². The van der Waals surface area contributed by atoms with Crippen molar-refractivity contribution in [2.45, 2.75) is 12.8 Å². The molecule has 1 heterocycles. The Bertz CT molecular complexity index is 167. The van der Waals surface area contributed by atoms with Crippen LogP contribution in [0.1, 0.15) is 12.8 Å². The molecule has 2 nitrogen and oxygen atoms in total. The lowest BCUT2D eigenvalue weighted by Crippen LogP contribution is -2.19. The van der Waals surface area contributed by atoms with Crippen molar-refractivity contribution < 1.29 is 4.74 Å². The second kappa shape index (κ2) is 6.66. The lowest BCUT2D eigenvalue weighted by molar-refractivity contribution is 0.184. The molecule has 0 spiro atoms. The Morgan fingerprint density at radius 2 is 2.46 bits per heavy atom. The van der Waals surface area contributed by atoms with Crippen molar-refractivity contribution in [3.05, 3.63) is 10.6 Å². The molecule has 1 aliphatic rings. The largest absolute Gasteiger partial charge is 0.381 e. The highest BCUT2D eigenvalue weighted by Crippen LogP contribution is 2.15. The number of ether oxygens (including phenoxy) is 1. The zero-order valence-electron chi connectivity index (χ0n) is 7.56. The van der Waals surface area contributed by atoms with E-state index >= 15 is 0 Å². The molecule has 76 valence electrons. The molecule has 0 saturated carbocycles. The van der Waals surface area contributed by atoms with Gasteiger partial charge in [0.05, 0.1) is 0 Å². The molecule has 13 heavy (non-hydrogen) atoms. The van der Waals surface area contributed by atoms with Crippen molar-refractivity contribution in [3.8, 4) is 0 Å². The summed E-state index contributed by atoms with van der Waals surface area (Å²) in [4.78, 5) is 0. The van der Waals surface area contributed by atoms with Gasteiger partial charge in [0.25, 0.3) is 0 Å². The summed E-state index contributed by atoms with van der Waals surface area (Å²) in [6.07, 6.45) is 2.35. The van der Waals surface area contributed by atoms with Crippen molar-refractivity contribution in [2.24, 2.45) is 5.92 Å². The average molecular weight is 224 g/mol. The number of rotatable bonds is 5. The molecule has 1 fully saturated rings. The maximum Gasteiger partial charge on any atom is 0.0495 e. The van der Waals surface area contributed by atoms with Crippen molar-refractivity contribution >= 4 is 23.2 Å². The highest BCUT2D eigenvalue weighted by Gasteiger charge is 2.14. The van der Waals surface area contributed by atoms with Gasteiger partial charge in [0.2, 0.25) is 0 Å². The van der Waals surface area contributed by atoms with Crippen molar-refractivity contribution in [1.82, 2.24) is 5.32 Å². The lowest BCUT2D eigenvalue weighted by atomic mass is 10.1. The van der Waals surface area contributed by atoms with Gasteiger partial charge in [-0.05, 0) is 25.3 Å². The minimum absolute atomic E-state index is 0.657. The van der Waals surface area contributed by atoms with E-state index in [-0.39, 0.29) is 0 Å². The fourth-order valence-electron chi connectivity index (χ4n) is 1.36. The van der Waals surface area contributed by atoms with Gasteiger partial charge in [-0.25, -0.2) is 0 Å². The summed E-state index contributed by atoms with van der Waals surface area (Å²) in [6.45, 7) is 3.49.